The van der Waals surface area contributed by atoms with Gasteiger partial charge in [-0.1, -0.05) is 97.3 Å². The van der Waals surface area contributed by atoms with Crippen LogP contribution in [0.25, 0.3) is 41.6 Å². The molecule has 3 aromatic heterocycles. The van der Waals surface area contributed by atoms with Gasteiger partial charge in [0.1, 0.15) is 16.9 Å². The second-order valence-electron chi connectivity index (χ2n) is 13.7. The van der Waals surface area contributed by atoms with Gasteiger partial charge in [0.15, 0.2) is 5.78 Å². The van der Waals surface area contributed by atoms with Crippen LogP contribution in [-0.2, 0) is 30.3 Å². The van der Waals surface area contributed by atoms with Crippen molar-refractivity contribution in [3.63, 3.8) is 0 Å². The Balaban J connectivity index is 0.000000301. The third kappa shape index (κ3) is 8.50. The van der Waals surface area contributed by atoms with Crippen molar-refractivity contribution in [3.8, 4) is 11.3 Å². The monoisotopic (exact) mass is 878 g/mol. The van der Waals surface area contributed by atoms with Crippen LogP contribution in [0.4, 0.5) is 0 Å². The fourth-order valence-electron chi connectivity index (χ4n) is 5.39. The Kier molecular flexibility index (Phi) is 13.8. The molecular weight excluding hydrogens is 829 g/mol. The van der Waals surface area contributed by atoms with Crippen LogP contribution in [0.2, 0.25) is 0 Å². The summed E-state index contributed by atoms with van der Waals surface area (Å²) in [4.78, 5) is 23.8. The predicted molar refractivity (Wildman–Crippen MR) is 207 cm³/mol. The van der Waals surface area contributed by atoms with Crippen molar-refractivity contribution in [2.45, 2.75) is 105 Å². The van der Waals surface area contributed by atoms with Crippen molar-refractivity contribution in [1.82, 2.24) is 9.97 Å². The number of hydrogen-bond donors (Lipinski definition) is 1. The predicted octanol–water partition coefficient (Wildman–Crippen LogP) is 13.1. The molecule has 0 fully saturated rings. The summed E-state index contributed by atoms with van der Waals surface area (Å²) in [7, 11) is 0. The zero-order chi connectivity index (χ0) is 34.6. The van der Waals surface area contributed by atoms with Crippen LogP contribution in [-0.4, -0.2) is 20.9 Å². The van der Waals surface area contributed by atoms with Gasteiger partial charge in [0.2, 0.25) is 0 Å². The number of nitrogens with zero attached hydrogens (tertiary/aromatic N) is 2. The topological polar surface area (TPSA) is 63.1 Å². The zero-order valence-electron chi connectivity index (χ0n) is 29.9. The zero-order valence-corrected chi connectivity index (χ0v) is 34.8. The number of fused-ring (bicyclic) bond motifs is 4. The Hall–Kier alpha value is -2.35. The molecule has 0 aliphatic rings. The summed E-state index contributed by atoms with van der Waals surface area (Å²) in [6.07, 6.45) is 8.50. The Morgan fingerprint density at radius 3 is 2.23 bits per heavy atom. The first-order valence-electron chi connectivity index (χ1n) is 16.6. The number of rotatable bonds is 10. The SMILES string of the molecule is C/C=C/Sc1ccc2c(c1)sc1ncnc(-c3[c-]c4ccsc4c(C(C)(C)C)c3)c12.CCC(C)(CC)C(=O)/C=C(\O)C(C)(CC)CC.[Ir]. The molecule has 0 amide bonds. The van der Waals surface area contributed by atoms with E-state index in [-0.39, 0.29) is 47.9 Å². The van der Waals surface area contributed by atoms with Crippen molar-refractivity contribution in [3.05, 3.63) is 77.0 Å². The minimum atomic E-state index is -0.337. The number of allylic oxidation sites excluding steroid dienone is 3. The second kappa shape index (κ2) is 16.6. The summed E-state index contributed by atoms with van der Waals surface area (Å²) in [5.74, 6) is 0.286. The van der Waals surface area contributed by atoms with E-state index in [2.05, 4.69) is 79.0 Å². The van der Waals surface area contributed by atoms with Gasteiger partial charge in [0.05, 0.1) is 0 Å². The summed E-state index contributed by atoms with van der Waals surface area (Å²) in [6.45, 7) is 20.9. The van der Waals surface area contributed by atoms with Gasteiger partial charge in [-0.25, -0.2) is 4.98 Å². The molecule has 0 bridgehead atoms. The van der Waals surface area contributed by atoms with Crippen molar-refractivity contribution < 1.29 is 30.0 Å². The molecule has 0 unspecified atom stereocenters. The molecule has 4 nitrogen and oxygen atoms in total. The van der Waals surface area contributed by atoms with Crippen molar-refractivity contribution in [2.75, 3.05) is 0 Å². The number of aliphatic hydroxyl groups is 1. The first-order valence-corrected chi connectivity index (χ1v) is 19.2. The van der Waals surface area contributed by atoms with Gasteiger partial charge in [-0.05, 0) is 71.0 Å². The Bertz CT molecular complexity index is 1920. The van der Waals surface area contributed by atoms with Gasteiger partial charge < -0.3 is 5.11 Å². The minimum absolute atomic E-state index is 0. The normalized spacial score (nSPS) is 12.8. The molecule has 0 atom stereocenters. The van der Waals surface area contributed by atoms with Crippen LogP contribution < -0.4 is 0 Å². The summed E-state index contributed by atoms with van der Waals surface area (Å²) in [5, 5.41) is 17.9. The number of carbonyl (C=O) groups is 1. The van der Waals surface area contributed by atoms with E-state index in [9.17, 15) is 9.90 Å². The quantitative estimate of drug-likeness (QED) is 0.0655. The number of aromatic nitrogens is 2. The van der Waals surface area contributed by atoms with Gasteiger partial charge in [-0.3, -0.25) is 9.78 Å². The third-order valence-electron chi connectivity index (χ3n) is 9.72. The molecule has 48 heavy (non-hydrogen) atoms. The number of hydrogen-bond acceptors (Lipinski definition) is 7. The van der Waals surface area contributed by atoms with Crippen molar-refractivity contribution in [1.29, 1.82) is 0 Å². The van der Waals surface area contributed by atoms with E-state index >= 15 is 0 Å². The standard InChI is InChI=1S/C25H21N2S3.C15H28O2.Ir/c1-5-9-28-17-6-7-18-20(13-17)30-24-21(18)22(26-14-27-24)16-11-15-8-10-29-23(15)19(12-16)25(2,3)4;1-7-14(5,8-2)12(16)11-13(17)15(6,9-3)10-4;/h5-10,12-14H,1-4H3;11,16H,7-10H2,1-6H3;/q-1;;/b9-5+;12-11-;. The molecule has 5 rings (SSSR count). The minimum Gasteiger partial charge on any atom is -0.512 e. The van der Waals surface area contributed by atoms with Crippen LogP contribution in [0, 0.1) is 16.9 Å². The molecule has 2 aromatic carbocycles. The van der Waals surface area contributed by atoms with Crippen molar-refractivity contribution in [2.24, 2.45) is 10.8 Å². The van der Waals surface area contributed by atoms with E-state index in [1.807, 2.05) is 48.5 Å². The fourth-order valence-corrected chi connectivity index (χ4v) is 8.25. The van der Waals surface area contributed by atoms with Crippen molar-refractivity contribution >= 4 is 70.6 Å². The third-order valence-corrected chi connectivity index (χ3v) is 12.7. The van der Waals surface area contributed by atoms with Gasteiger partial charge in [-0.2, -0.15) is 11.3 Å². The van der Waals surface area contributed by atoms with Gasteiger partial charge in [-0.15, -0.1) is 34.9 Å². The van der Waals surface area contributed by atoms with Gasteiger partial charge in [0.25, 0.3) is 0 Å². The molecular formula is C40H49IrN2O2S3-. The van der Waals surface area contributed by atoms with Crippen LogP contribution in [0.5, 0.6) is 0 Å². The molecule has 0 aliphatic heterocycles. The first kappa shape index (κ1) is 40.1. The molecule has 8 heteroatoms. The average Bonchev–Trinajstić information content (AvgIpc) is 3.70. The molecule has 0 saturated carbocycles. The van der Waals surface area contributed by atoms with Crippen LogP contribution >= 0.6 is 34.4 Å². The molecule has 1 N–H and O–H groups in total. The molecule has 3 heterocycles. The number of ketones is 1. The maximum atomic E-state index is 12.2. The Morgan fingerprint density at radius 1 is 0.958 bits per heavy atom. The number of aliphatic hydroxyl groups excluding tert-OH is 1. The fraction of sp³-hybridized carbons (Fsp3) is 0.425. The maximum Gasteiger partial charge on any atom is 0.164 e. The van der Waals surface area contributed by atoms with Crippen LogP contribution in [0.15, 0.2) is 70.3 Å². The van der Waals surface area contributed by atoms with E-state index in [1.54, 1.807) is 40.8 Å². The molecule has 5 aromatic rings. The van der Waals surface area contributed by atoms with E-state index < -0.39 is 0 Å². The van der Waals surface area contributed by atoms with Crippen LogP contribution in [0.1, 0.15) is 100 Å². The number of carbonyl (C=O) groups excluding carboxylic acids is 1. The Labute approximate surface area is 312 Å². The van der Waals surface area contributed by atoms with Crippen LogP contribution in [0.3, 0.4) is 0 Å². The summed E-state index contributed by atoms with van der Waals surface area (Å²) >= 11 is 5.26. The largest absolute Gasteiger partial charge is 0.512 e. The summed E-state index contributed by atoms with van der Waals surface area (Å²) in [5.41, 5.74) is 2.81. The molecule has 259 valence electrons. The van der Waals surface area contributed by atoms with E-state index in [0.717, 1.165) is 47.2 Å². The summed E-state index contributed by atoms with van der Waals surface area (Å²) < 4.78 is 2.56. The molecule has 0 saturated heterocycles. The molecule has 0 aliphatic carbocycles. The van der Waals surface area contributed by atoms with E-state index in [1.165, 1.54) is 36.7 Å². The Morgan fingerprint density at radius 2 is 1.62 bits per heavy atom. The summed E-state index contributed by atoms with van der Waals surface area (Å²) in [6, 6.07) is 14.7. The maximum absolute atomic E-state index is 12.2. The second-order valence-corrected chi connectivity index (χ2v) is 16.6. The molecule has 0 spiro atoms. The van der Waals surface area contributed by atoms with E-state index in [0.29, 0.717) is 0 Å². The average molecular weight is 878 g/mol. The molecule has 1 radical (unpaired) electrons. The smallest absolute Gasteiger partial charge is 0.164 e. The number of thioether (sulfide) groups is 1. The van der Waals surface area contributed by atoms with Gasteiger partial charge in [0, 0.05) is 57.7 Å². The number of benzene rings is 2. The van der Waals surface area contributed by atoms with E-state index in [4.69, 9.17) is 4.98 Å². The number of thiophene rings is 2. The van der Waals surface area contributed by atoms with Gasteiger partial charge >= 0.3 is 0 Å². The first-order chi connectivity index (χ1) is 22.2.